The molecule has 2 aliphatic heterocycles. The lowest BCUT2D eigenvalue weighted by molar-refractivity contribution is 0.308. The van der Waals surface area contributed by atoms with E-state index in [1.165, 1.54) is 12.8 Å². The van der Waals surface area contributed by atoms with Gasteiger partial charge in [0.15, 0.2) is 0 Å². The molecule has 2 aliphatic rings. The van der Waals surface area contributed by atoms with Gasteiger partial charge in [0.2, 0.25) is 10.0 Å². The van der Waals surface area contributed by atoms with E-state index in [0.717, 1.165) is 45.6 Å². The molecule has 2 heterocycles. The highest BCUT2D eigenvalue weighted by atomic mass is 32.2. The third-order valence-corrected chi connectivity index (χ3v) is 6.33. The van der Waals surface area contributed by atoms with E-state index >= 15 is 0 Å². The Labute approximate surface area is 117 Å². The second-order valence-electron chi connectivity index (χ2n) is 5.84. The number of rotatable bonds is 6. The number of likely N-dealkylation sites (N-methyl/N-ethyl adjacent to an activating group) is 1. The summed E-state index contributed by atoms with van der Waals surface area (Å²) in [6.07, 6.45) is 4.48. The maximum atomic E-state index is 12.3. The van der Waals surface area contributed by atoms with E-state index < -0.39 is 10.0 Å². The van der Waals surface area contributed by atoms with E-state index in [-0.39, 0.29) is 0 Å². The number of nitrogens with one attached hydrogen (secondary N) is 1. The van der Waals surface area contributed by atoms with Crippen LogP contribution in [0.25, 0.3) is 0 Å². The zero-order valence-corrected chi connectivity index (χ0v) is 12.8. The van der Waals surface area contributed by atoms with E-state index in [0.29, 0.717) is 18.2 Å². The fraction of sp³-hybridized carbons (Fsp3) is 1.00. The van der Waals surface area contributed by atoms with Crippen molar-refractivity contribution in [1.82, 2.24) is 14.5 Å². The van der Waals surface area contributed by atoms with Gasteiger partial charge in [0, 0.05) is 20.1 Å². The van der Waals surface area contributed by atoms with Crippen LogP contribution in [-0.4, -0.2) is 69.7 Å². The number of hydrogen-bond donors (Lipinski definition) is 1. The van der Waals surface area contributed by atoms with Gasteiger partial charge >= 0.3 is 0 Å². The SMILES string of the molecule is CN(CCN1CCCC1)S(=O)(=O)CC1CCNCC1. The molecule has 2 fully saturated rings. The quantitative estimate of drug-likeness (QED) is 0.766. The summed E-state index contributed by atoms with van der Waals surface area (Å²) in [6.45, 7) is 5.68. The number of nitrogens with zero attached hydrogens (tertiary/aromatic N) is 2. The average molecular weight is 289 g/mol. The van der Waals surface area contributed by atoms with E-state index in [1.807, 2.05) is 0 Å². The fourth-order valence-electron chi connectivity index (χ4n) is 2.90. The third kappa shape index (κ3) is 4.70. The van der Waals surface area contributed by atoms with Crippen molar-refractivity contribution < 1.29 is 8.42 Å². The van der Waals surface area contributed by atoms with Crippen molar-refractivity contribution in [1.29, 1.82) is 0 Å². The first-order valence-electron chi connectivity index (χ1n) is 7.45. The van der Waals surface area contributed by atoms with Crippen LogP contribution >= 0.6 is 0 Å². The number of sulfonamides is 1. The number of piperidine rings is 1. The van der Waals surface area contributed by atoms with Gasteiger partial charge in [-0.25, -0.2) is 12.7 Å². The minimum atomic E-state index is -3.07. The molecule has 0 amide bonds. The largest absolute Gasteiger partial charge is 0.317 e. The first-order valence-corrected chi connectivity index (χ1v) is 9.06. The summed E-state index contributed by atoms with van der Waals surface area (Å²) in [5.74, 6) is 0.658. The van der Waals surface area contributed by atoms with Crippen molar-refractivity contribution >= 4 is 10.0 Å². The molecule has 5 nitrogen and oxygen atoms in total. The van der Waals surface area contributed by atoms with Crippen molar-refractivity contribution in [3.63, 3.8) is 0 Å². The van der Waals surface area contributed by atoms with Crippen LogP contribution in [0.5, 0.6) is 0 Å². The van der Waals surface area contributed by atoms with Crippen LogP contribution in [0.15, 0.2) is 0 Å². The lowest BCUT2D eigenvalue weighted by Gasteiger charge is -2.26. The third-order valence-electron chi connectivity index (χ3n) is 4.31. The van der Waals surface area contributed by atoms with Gasteiger partial charge in [-0.3, -0.25) is 0 Å². The van der Waals surface area contributed by atoms with Crippen LogP contribution in [0.2, 0.25) is 0 Å². The maximum Gasteiger partial charge on any atom is 0.214 e. The lowest BCUT2D eigenvalue weighted by atomic mass is 10.0. The van der Waals surface area contributed by atoms with Crippen LogP contribution in [0, 0.1) is 5.92 Å². The van der Waals surface area contributed by atoms with Gasteiger partial charge in [0.05, 0.1) is 5.75 Å². The van der Waals surface area contributed by atoms with Gasteiger partial charge in [0.25, 0.3) is 0 Å². The Bertz CT molecular complexity index is 360. The summed E-state index contributed by atoms with van der Waals surface area (Å²) in [7, 11) is -1.34. The molecule has 2 rings (SSSR count). The predicted molar refractivity (Wildman–Crippen MR) is 77.7 cm³/mol. The molecule has 0 atom stereocenters. The highest BCUT2D eigenvalue weighted by Crippen LogP contribution is 2.16. The molecule has 0 radical (unpaired) electrons. The zero-order chi connectivity index (χ0) is 13.7. The molecule has 19 heavy (non-hydrogen) atoms. The predicted octanol–water partition coefficient (Wildman–Crippen LogP) is 0.343. The van der Waals surface area contributed by atoms with Crippen LogP contribution in [0.3, 0.4) is 0 Å². The Hall–Kier alpha value is -0.170. The van der Waals surface area contributed by atoms with Crippen molar-refractivity contribution in [3.8, 4) is 0 Å². The maximum absolute atomic E-state index is 12.3. The smallest absolute Gasteiger partial charge is 0.214 e. The molecule has 0 saturated carbocycles. The molecule has 0 aromatic carbocycles. The molecule has 0 unspecified atom stereocenters. The number of likely N-dealkylation sites (tertiary alicyclic amines) is 1. The zero-order valence-electron chi connectivity index (χ0n) is 12.0. The van der Waals surface area contributed by atoms with E-state index in [9.17, 15) is 8.42 Å². The Kier molecular flexibility index (Phi) is 5.62. The number of hydrogen-bond acceptors (Lipinski definition) is 4. The first-order chi connectivity index (χ1) is 9.08. The van der Waals surface area contributed by atoms with Gasteiger partial charge < -0.3 is 10.2 Å². The monoisotopic (exact) mass is 289 g/mol. The molecule has 6 heteroatoms. The highest BCUT2D eigenvalue weighted by molar-refractivity contribution is 7.89. The molecular weight excluding hydrogens is 262 g/mol. The molecular formula is C13H27N3O2S. The van der Waals surface area contributed by atoms with Crippen LogP contribution in [0.1, 0.15) is 25.7 Å². The Morgan fingerprint density at radius 3 is 2.47 bits per heavy atom. The summed E-state index contributed by atoms with van der Waals surface area (Å²) >= 11 is 0. The van der Waals surface area contributed by atoms with Gasteiger partial charge in [-0.2, -0.15) is 0 Å². The molecule has 0 aliphatic carbocycles. The molecule has 112 valence electrons. The summed E-state index contributed by atoms with van der Waals surface area (Å²) in [5, 5.41) is 3.28. The van der Waals surface area contributed by atoms with Gasteiger partial charge in [-0.05, 0) is 57.8 Å². The average Bonchev–Trinajstić information content (AvgIpc) is 2.89. The van der Waals surface area contributed by atoms with E-state index in [2.05, 4.69) is 10.2 Å². The van der Waals surface area contributed by atoms with Crippen molar-refractivity contribution in [2.75, 3.05) is 52.1 Å². The Morgan fingerprint density at radius 2 is 1.84 bits per heavy atom. The van der Waals surface area contributed by atoms with Crippen molar-refractivity contribution in [2.24, 2.45) is 5.92 Å². The van der Waals surface area contributed by atoms with Gasteiger partial charge in [-0.1, -0.05) is 0 Å². The summed E-state index contributed by atoms with van der Waals surface area (Å²) in [5.41, 5.74) is 0. The van der Waals surface area contributed by atoms with Crippen LogP contribution in [0.4, 0.5) is 0 Å². The topological polar surface area (TPSA) is 52.7 Å². The van der Waals surface area contributed by atoms with Crippen LogP contribution < -0.4 is 5.32 Å². The minimum absolute atomic E-state index is 0.325. The summed E-state index contributed by atoms with van der Waals surface area (Å²) in [6, 6.07) is 0. The standard InChI is InChI=1S/C13H27N3O2S/c1-15(10-11-16-8-2-3-9-16)19(17,18)12-13-4-6-14-7-5-13/h13-14H,2-12H2,1H3. The Balaban J connectivity index is 1.76. The molecule has 0 bridgehead atoms. The second kappa shape index (κ2) is 7.02. The Morgan fingerprint density at radius 1 is 1.21 bits per heavy atom. The van der Waals surface area contributed by atoms with E-state index in [1.54, 1.807) is 11.4 Å². The van der Waals surface area contributed by atoms with Crippen molar-refractivity contribution in [2.45, 2.75) is 25.7 Å². The van der Waals surface area contributed by atoms with Gasteiger partial charge in [0.1, 0.15) is 0 Å². The fourth-order valence-corrected chi connectivity index (χ4v) is 4.44. The molecule has 2 saturated heterocycles. The molecule has 0 aromatic heterocycles. The highest BCUT2D eigenvalue weighted by Gasteiger charge is 2.25. The lowest BCUT2D eigenvalue weighted by Crippen LogP contribution is -2.39. The van der Waals surface area contributed by atoms with E-state index in [4.69, 9.17) is 0 Å². The minimum Gasteiger partial charge on any atom is -0.317 e. The molecule has 1 N–H and O–H groups in total. The summed E-state index contributed by atoms with van der Waals surface area (Å²) in [4.78, 5) is 2.36. The summed E-state index contributed by atoms with van der Waals surface area (Å²) < 4.78 is 26.1. The second-order valence-corrected chi connectivity index (χ2v) is 7.96. The first kappa shape index (κ1) is 15.2. The van der Waals surface area contributed by atoms with Crippen LogP contribution in [-0.2, 0) is 10.0 Å². The normalized spacial score (nSPS) is 23.3. The van der Waals surface area contributed by atoms with Gasteiger partial charge in [-0.15, -0.1) is 0 Å². The molecule has 0 aromatic rings. The van der Waals surface area contributed by atoms with Crippen molar-refractivity contribution in [3.05, 3.63) is 0 Å². The molecule has 0 spiro atoms.